The molecule has 2 amide bonds. The van der Waals surface area contributed by atoms with Crippen molar-refractivity contribution < 1.29 is 9.59 Å². The summed E-state index contributed by atoms with van der Waals surface area (Å²) in [6.45, 7) is 0. The lowest BCUT2D eigenvalue weighted by atomic mass is 9.68. The summed E-state index contributed by atoms with van der Waals surface area (Å²) in [5, 5.41) is 2.99. The van der Waals surface area contributed by atoms with E-state index in [4.69, 9.17) is 5.73 Å². The quantitative estimate of drug-likeness (QED) is 0.326. The molecular weight excluding hydrogens is 488 g/mol. The van der Waals surface area contributed by atoms with Crippen LogP contribution < -0.4 is 11.1 Å². The van der Waals surface area contributed by atoms with Gasteiger partial charge in [-0.3, -0.25) is 9.59 Å². The SMILES string of the molecule is NC(=O)[C@@H](Cc1ccccc1Br)NC(=O)C(c1ccccc1)(c1ccccc1)c1ccccc1. The van der Waals surface area contributed by atoms with Gasteiger partial charge in [-0.1, -0.05) is 125 Å². The van der Waals surface area contributed by atoms with Gasteiger partial charge in [-0.2, -0.15) is 0 Å². The number of amides is 2. The molecule has 34 heavy (non-hydrogen) atoms. The van der Waals surface area contributed by atoms with Crippen LogP contribution in [-0.2, 0) is 21.4 Å². The number of carbonyl (C=O) groups is 2. The molecule has 4 aromatic rings. The highest BCUT2D eigenvalue weighted by molar-refractivity contribution is 9.10. The summed E-state index contributed by atoms with van der Waals surface area (Å²) < 4.78 is 0.857. The Kier molecular flexibility index (Phi) is 7.24. The van der Waals surface area contributed by atoms with Crippen molar-refractivity contribution in [1.82, 2.24) is 5.32 Å². The van der Waals surface area contributed by atoms with Crippen molar-refractivity contribution in [1.29, 1.82) is 0 Å². The molecule has 4 rings (SSSR count). The van der Waals surface area contributed by atoms with Crippen LogP contribution in [0.25, 0.3) is 0 Å². The van der Waals surface area contributed by atoms with Crippen LogP contribution in [0, 0.1) is 0 Å². The Bertz CT molecular complexity index is 1160. The Balaban J connectivity index is 1.85. The highest BCUT2D eigenvalue weighted by atomic mass is 79.9. The molecule has 0 aliphatic heterocycles. The first-order chi connectivity index (χ1) is 16.5. The van der Waals surface area contributed by atoms with E-state index in [0.29, 0.717) is 0 Å². The first kappa shape index (κ1) is 23.5. The summed E-state index contributed by atoms with van der Waals surface area (Å²) in [4.78, 5) is 26.8. The molecule has 0 aliphatic carbocycles. The van der Waals surface area contributed by atoms with Gasteiger partial charge in [0.05, 0.1) is 0 Å². The second-order valence-electron chi connectivity index (χ2n) is 8.07. The van der Waals surface area contributed by atoms with Crippen LogP contribution in [0.2, 0.25) is 0 Å². The second kappa shape index (κ2) is 10.5. The molecule has 0 saturated heterocycles. The smallest absolute Gasteiger partial charge is 0.240 e. The molecule has 0 aromatic heterocycles. The van der Waals surface area contributed by atoms with Gasteiger partial charge in [-0.15, -0.1) is 0 Å². The number of carbonyl (C=O) groups excluding carboxylic acids is 2. The number of rotatable bonds is 8. The molecule has 4 nitrogen and oxygen atoms in total. The van der Waals surface area contributed by atoms with E-state index in [0.717, 1.165) is 26.7 Å². The fourth-order valence-corrected chi connectivity index (χ4v) is 4.78. The standard InChI is InChI=1S/C29H25BrN2O2/c30-25-19-11-10-12-21(25)20-26(27(31)33)32-28(34)29(22-13-4-1-5-14-22,23-15-6-2-7-16-23)24-17-8-3-9-18-24/h1-19,26H,20H2,(H2,31,33)(H,32,34)/t26-/m1/s1. The molecule has 3 N–H and O–H groups in total. The van der Waals surface area contributed by atoms with Gasteiger partial charge >= 0.3 is 0 Å². The van der Waals surface area contributed by atoms with E-state index in [1.165, 1.54) is 0 Å². The van der Waals surface area contributed by atoms with Gasteiger partial charge in [0.1, 0.15) is 11.5 Å². The van der Waals surface area contributed by atoms with Crippen molar-refractivity contribution in [2.24, 2.45) is 5.73 Å². The zero-order valence-corrected chi connectivity index (χ0v) is 20.1. The zero-order valence-electron chi connectivity index (χ0n) is 18.5. The van der Waals surface area contributed by atoms with E-state index < -0.39 is 17.4 Å². The molecule has 170 valence electrons. The van der Waals surface area contributed by atoms with Crippen LogP contribution in [0.4, 0.5) is 0 Å². The van der Waals surface area contributed by atoms with E-state index in [-0.39, 0.29) is 12.3 Å². The third-order valence-electron chi connectivity index (χ3n) is 5.99. The molecule has 5 heteroatoms. The minimum Gasteiger partial charge on any atom is -0.368 e. The number of benzene rings is 4. The Hall–Kier alpha value is -3.70. The van der Waals surface area contributed by atoms with Crippen molar-refractivity contribution in [3.8, 4) is 0 Å². The maximum Gasteiger partial charge on any atom is 0.240 e. The van der Waals surface area contributed by atoms with Gasteiger partial charge in [0, 0.05) is 10.9 Å². The van der Waals surface area contributed by atoms with Crippen LogP contribution in [-0.4, -0.2) is 17.9 Å². The number of hydrogen-bond acceptors (Lipinski definition) is 2. The van der Waals surface area contributed by atoms with Gasteiger partial charge in [0.25, 0.3) is 0 Å². The summed E-state index contributed by atoms with van der Waals surface area (Å²) in [7, 11) is 0. The van der Waals surface area contributed by atoms with Crippen LogP contribution in [0.15, 0.2) is 120 Å². The summed E-state index contributed by atoms with van der Waals surface area (Å²) in [6, 6.07) is 35.6. The number of nitrogens with two attached hydrogens (primary N) is 1. The maximum absolute atomic E-state index is 14.3. The molecule has 0 heterocycles. The topological polar surface area (TPSA) is 72.2 Å². The van der Waals surface area contributed by atoms with Crippen LogP contribution in [0.5, 0.6) is 0 Å². The van der Waals surface area contributed by atoms with Gasteiger partial charge in [0.2, 0.25) is 11.8 Å². The summed E-state index contributed by atoms with van der Waals surface area (Å²) >= 11 is 3.52. The lowest BCUT2D eigenvalue weighted by Crippen LogP contribution is -2.54. The van der Waals surface area contributed by atoms with Crippen molar-refractivity contribution in [3.63, 3.8) is 0 Å². The first-order valence-corrected chi connectivity index (χ1v) is 11.8. The Morgan fingerprint density at radius 1 is 0.706 bits per heavy atom. The number of halogens is 1. The Labute approximate surface area is 208 Å². The van der Waals surface area contributed by atoms with Crippen LogP contribution in [0.3, 0.4) is 0 Å². The molecule has 0 unspecified atom stereocenters. The second-order valence-corrected chi connectivity index (χ2v) is 8.93. The average molecular weight is 513 g/mol. The Morgan fingerprint density at radius 2 is 1.12 bits per heavy atom. The van der Waals surface area contributed by atoms with Crippen molar-refractivity contribution in [2.75, 3.05) is 0 Å². The molecule has 0 aliphatic rings. The van der Waals surface area contributed by atoms with E-state index in [1.54, 1.807) is 0 Å². The van der Waals surface area contributed by atoms with E-state index in [9.17, 15) is 9.59 Å². The average Bonchev–Trinajstić information content (AvgIpc) is 2.87. The largest absolute Gasteiger partial charge is 0.368 e. The summed E-state index contributed by atoms with van der Waals surface area (Å²) in [5.74, 6) is -0.904. The van der Waals surface area contributed by atoms with Crippen molar-refractivity contribution in [3.05, 3.63) is 142 Å². The molecule has 0 radical (unpaired) electrons. The number of hydrogen-bond donors (Lipinski definition) is 2. The fraction of sp³-hybridized carbons (Fsp3) is 0.103. The first-order valence-electron chi connectivity index (χ1n) is 11.0. The predicted molar refractivity (Wildman–Crippen MR) is 138 cm³/mol. The lowest BCUT2D eigenvalue weighted by molar-refractivity contribution is -0.129. The normalized spacial score (nSPS) is 12.0. The zero-order chi connectivity index (χ0) is 24.0. The van der Waals surface area contributed by atoms with Gasteiger partial charge in [0.15, 0.2) is 0 Å². The van der Waals surface area contributed by atoms with Gasteiger partial charge in [-0.25, -0.2) is 0 Å². The highest BCUT2D eigenvalue weighted by Gasteiger charge is 2.44. The molecular formula is C29H25BrN2O2. The van der Waals surface area contributed by atoms with Crippen molar-refractivity contribution in [2.45, 2.75) is 17.9 Å². The van der Waals surface area contributed by atoms with E-state index in [2.05, 4.69) is 21.2 Å². The molecule has 0 fully saturated rings. The summed E-state index contributed by atoms with van der Waals surface area (Å²) in [5.41, 5.74) is 7.88. The number of primary amides is 1. The minimum atomic E-state index is -1.18. The highest BCUT2D eigenvalue weighted by Crippen LogP contribution is 2.39. The summed E-state index contributed by atoms with van der Waals surface area (Å²) in [6.07, 6.45) is 0.275. The third-order valence-corrected chi connectivity index (χ3v) is 6.77. The predicted octanol–water partition coefficient (Wildman–Crippen LogP) is 5.00. The molecule has 1 atom stereocenters. The molecule has 0 bridgehead atoms. The minimum absolute atomic E-state index is 0.275. The van der Waals surface area contributed by atoms with E-state index >= 15 is 0 Å². The van der Waals surface area contributed by atoms with Crippen molar-refractivity contribution >= 4 is 27.7 Å². The van der Waals surface area contributed by atoms with E-state index in [1.807, 2.05) is 115 Å². The third kappa shape index (κ3) is 4.66. The fourth-order valence-electron chi connectivity index (χ4n) is 4.33. The van der Waals surface area contributed by atoms with Gasteiger partial charge in [-0.05, 0) is 28.3 Å². The van der Waals surface area contributed by atoms with Gasteiger partial charge < -0.3 is 11.1 Å². The number of nitrogens with one attached hydrogen (secondary N) is 1. The lowest BCUT2D eigenvalue weighted by Gasteiger charge is -2.35. The molecule has 4 aromatic carbocycles. The van der Waals surface area contributed by atoms with Crippen LogP contribution >= 0.6 is 15.9 Å². The Morgan fingerprint density at radius 3 is 1.53 bits per heavy atom. The maximum atomic E-state index is 14.3. The molecule has 0 saturated carbocycles. The monoisotopic (exact) mass is 512 g/mol. The van der Waals surface area contributed by atoms with Crippen LogP contribution in [0.1, 0.15) is 22.3 Å². The molecule has 0 spiro atoms.